The Hall–Kier alpha value is -1.65. The predicted octanol–water partition coefficient (Wildman–Crippen LogP) is 2.95. The third-order valence-electron chi connectivity index (χ3n) is 3.82. The second kappa shape index (κ2) is 6.41. The van der Waals surface area contributed by atoms with Gasteiger partial charge in [-0.15, -0.1) is 0 Å². The molecule has 1 amide bonds. The van der Waals surface area contributed by atoms with Gasteiger partial charge >= 0.3 is 0 Å². The smallest absolute Gasteiger partial charge is 0.229 e. The van der Waals surface area contributed by atoms with E-state index in [9.17, 15) is 4.79 Å². The maximum Gasteiger partial charge on any atom is 0.229 e. The summed E-state index contributed by atoms with van der Waals surface area (Å²) in [4.78, 5) is 12.5. The van der Waals surface area contributed by atoms with Crippen LogP contribution in [-0.2, 0) is 17.9 Å². The number of carbonyl (C=O) groups excluding carboxylic acids is 1. The summed E-state index contributed by atoms with van der Waals surface area (Å²) in [6.07, 6.45) is 0. The quantitative estimate of drug-likeness (QED) is 0.898. The molecule has 3 rings (SSSR count). The van der Waals surface area contributed by atoms with E-state index in [1.165, 1.54) is 5.56 Å². The fraction of sp³-hybridized carbons (Fsp3) is 0.235. The van der Waals surface area contributed by atoms with Crippen LogP contribution < -0.4 is 10.6 Å². The molecule has 0 saturated heterocycles. The number of benzene rings is 2. The average Bonchev–Trinajstić information content (AvgIpc) is 2.53. The van der Waals surface area contributed by atoms with Crippen LogP contribution in [0.5, 0.6) is 0 Å². The molecule has 0 spiro atoms. The molecule has 21 heavy (non-hydrogen) atoms. The fourth-order valence-corrected chi connectivity index (χ4v) is 3.10. The van der Waals surface area contributed by atoms with Gasteiger partial charge in [-0.2, -0.15) is 0 Å². The summed E-state index contributed by atoms with van der Waals surface area (Å²) in [6, 6.07) is 16.1. The van der Waals surface area contributed by atoms with Gasteiger partial charge in [0.1, 0.15) is 0 Å². The first-order valence-corrected chi connectivity index (χ1v) is 7.84. The van der Waals surface area contributed by atoms with E-state index in [1.807, 2.05) is 36.4 Å². The van der Waals surface area contributed by atoms with Crippen molar-refractivity contribution in [2.75, 3.05) is 6.54 Å². The summed E-state index contributed by atoms with van der Waals surface area (Å²) in [5.74, 6) is -0.0390. The molecule has 0 aromatic heterocycles. The summed E-state index contributed by atoms with van der Waals surface area (Å²) in [5.41, 5.74) is 3.44. The number of nitrogens with one attached hydrogen (secondary N) is 2. The first kappa shape index (κ1) is 14.3. The van der Waals surface area contributed by atoms with Gasteiger partial charge < -0.3 is 10.6 Å². The third kappa shape index (κ3) is 3.17. The lowest BCUT2D eigenvalue weighted by Gasteiger charge is -2.25. The van der Waals surface area contributed by atoms with E-state index in [0.717, 1.165) is 22.1 Å². The van der Waals surface area contributed by atoms with Crippen molar-refractivity contribution in [3.05, 3.63) is 69.7 Å². The van der Waals surface area contributed by atoms with E-state index in [-0.39, 0.29) is 11.8 Å². The van der Waals surface area contributed by atoms with Gasteiger partial charge in [0.2, 0.25) is 5.91 Å². The Labute approximate surface area is 132 Å². The monoisotopic (exact) mass is 344 g/mol. The van der Waals surface area contributed by atoms with Crippen molar-refractivity contribution >= 4 is 21.8 Å². The van der Waals surface area contributed by atoms with Gasteiger partial charge in [-0.25, -0.2) is 0 Å². The minimum absolute atomic E-state index is 0.0744. The number of fused-ring (bicyclic) bond motifs is 1. The van der Waals surface area contributed by atoms with Gasteiger partial charge in [0.15, 0.2) is 0 Å². The van der Waals surface area contributed by atoms with Crippen LogP contribution in [0.25, 0.3) is 0 Å². The van der Waals surface area contributed by atoms with Crippen LogP contribution in [0.1, 0.15) is 22.6 Å². The Morgan fingerprint density at radius 1 is 1.19 bits per heavy atom. The minimum atomic E-state index is -0.113. The van der Waals surface area contributed by atoms with Crippen molar-refractivity contribution in [1.82, 2.24) is 10.6 Å². The Bertz CT molecular complexity index is 657. The fourth-order valence-electron chi connectivity index (χ4n) is 2.68. The van der Waals surface area contributed by atoms with Gasteiger partial charge in [-0.1, -0.05) is 58.4 Å². The van der Waals surface area contributed by atoms with E-state index in [1.54, 1.807) is 0 Å². The molecule has 1 aliphatic heterocycles. The van der Waals surface area contributed by atoms with Crippen molar-refractivity contribution in [1.29, 1.82) is 0 Å². The summed E-state index contributed by atoms with van der Waals surface area (Å²) in [6.45, 7) is 2.07. The van der Waals surface area contributed by atoms with Gasteiger partial charge in [0.05, 0.1) is 5.92 Å². The van der Waals surface area contributed by atoms with Crippen LogP contribution in [0, 0.1) is 0 Å². The summed E-state index contributed by atoms with van der Waals surface area (Å²) >= 11 is 3.50. The molecule has 0 radical (unpaired) electrons. The number of rotatable bonds is 3. The molecule has 1 heterocycles. The number of halogens is 1. The molecule has 2 aromatic rings. The minimum Gasteiger partial charge on any atom is -0.351 e. The molecular weight excluding hydrogens is 328 g/mol. The van der Waals surface area contributed by atoms with Crippen LogP contribution in [0.4, 0.5) is 0 Å². The molecule has 2 N–H and O–H groups in total. The van der Waals surface area contributed by atoms with Crippen molar-refractivity contribution in [2.45, 2.75) is 19.0 Å². The zero-order valence-corrected chi connectivity index (χ0v) is 13.2. The van der Waals surface area contributed by atoms with E-state index >= 15 is 0 Å². The second-order valence-corrected chi connectivity index (χ2v) is 6.05. The second-order valence-electron chi connectivity index (χ2n) is 5.19. The van der Waals surface area contributed by atoms with Gasteiger partial charge in [-0.05, 0) is 22.8 Å². The van der Waals surface area contributed by atoms with Crippen molar-refractivity contribution in [3.63, 3.8) is 0 Å². The number of carbonyl (C=O) groups is 1. The van der Waals surface area contributed by atoms with Crippen LogP contribution >= 0.6 is 15.9 Å². The first-order chi connectivity index (χ1) is 10.3. The van der Waals surface area contributed by atoms with Gasteiger partial charge in [0, 0.05) is 24.1 Å². The highest BCUT2D eigenvalue weighted by atomic mass is 79.9. The Balaban J connectivity index is 1.71. The lowest BCUT2D eigenvalue weighted by Crippen LogP contribution is -2.38. The maximum absolute atomic E-state index is 12.5. The zero-order valence-electron chi connectivity index (χ0n) is 11.6. The number of amides is 1. The van der Waals surface area contributed by atoms with Crippen molar-refractivity contribution < 1.29 is 4.79 Å². The van der Waals surface area contributed by atoms with Crippen LogP contribution in [0.3, 0.4) is 0 Å². The highest BCUT2D eigenvalue weighted by molar-refractivity contribution is 9.10. The molecule has 0 fully saturated rings. The molecule has 0 aliphatic carbocycles. The molecule has 1 unspecified atom stereocenters. The van der Waals surface area contributed by atoms with Crippen molar-refractivity contribution in [3.8, 4) is 0 Å². The lowest BCUT2D eigenvalue weighted by atomic mass is 9.90. The molecule has 1 atom stereocenters. The van der Waals surface area contributed by atoms with Crippen LogP contribution in [0.15, 0.2) is 53.0 Å². The molecule has 0 bridgehead atoms. The highest BCUT2D eigenvalue weighted by Crippen LogP contribution is 2.24. The Morgan fingerprint density at radius 2 is 1.95 bits per heavy atom. The molecule has 3 nitrogen and oxygen atoms in total. The van der Waals surface area contributed by atoms with E-state index in [4.69, 9.17) is 0 Å². The highest BCUT2D eigenvalue weighted by Gasteiger charge is 2.25. The van der Waals surface area contributed by atoms with Gasteiger partial charge in [-0.3, -0.25) is 4.79 Å². The molecule has 0 saturated carbocycles. The lowest BCUT2D eigenvalue weighted by molar-refractivity contribution is -0.122. The van der Waals surface area contributed by atoms with E-state index in [0.29, 0.717) is 13.1 Å². The van der Waals surface area contributed by atoms with Crippen molar-refractivity contribution in [2.24, 2.45) is 0 Å². The zero-order chi connectivity index (χ0) is 14.7. The number of hydrogen-bond acceptors (Lipinski definition) is 2. The molecular formula is C17H17BrN2O. The van der Waals surface area contributed by atoms with Crippen LogP contribution in [-0.4, -0.2) is 12.5 Å². The summed E-state index contributed by atoms with van der Waals surface area (Å²) in [5, 5.41) is 6.35. The first-order valence-electron chi connectivity index (χ1n) is 7.05. The Kier molecular flexibility index (Phi) is 4.36. The SMILES string of the molecule is O=C(NCc1ccccc1Br)C1CNCc2ccccc21. The predicted molar refractivity (Wildman–Crippen MR) is 86.9 cm³/mol. The third-order valence-corrected chi connectivity index (χ3v) is 4.60. The van der Waals surface area contributed by atoms with Crippen LogP contribution in [0.2, 0.25) is 0 Å². The number of hydrogen-bond donors (Lipinski definition) is 2. The van der Waals surface area contributed by atoms with E-state index in [2.05, 4.69) is 38.7 Å². The maximum atomic E-state index is 12.5. The van der Waals surface area contributed by atoms with Gasteiger partial charge in [0.25, 0.3) is 0 Å². The van der Waals surface area contributed by atoms with E-state index < -0.39 is 0 Å². The Morgan fingerprint density at radius 3 is 2.81 bits per heavy atom. The molecule has 1 aliphatic rings. The standard InChI is InChI=1S/C17H17BrN2O/c18-16-8-4-2-6-13(16)10-20-17(21)15-11-19-9-12-5-1-3-7-14(12)15/h1-8,15,19H,9-11H2,(H,20,21). The topological polar surface area (TPSA) is 41.1 Å². The average molecular weight is 345 g/mol. The normalized spacial score (nSPS) is 17.1. The largest absolute Gasteiger partial charge is 0.351 e. The summed E-state index contributed by atoms with van der Waals surface area (Å²) in [7, 11) is 0. The molecule has 2 aromatic carbocycles. The molecule has 4 heteroatoms. The molecule has 108 valence electrons. The summed E-state index contributed by atoms with van der Waals surface area (Å²) < 4.78 is 1.02.